The molecule has 14 heavy (non-hydrogen) atoms. The summed E-state index contributed by atoms with van der Waals surface area (Å²) < 4.78 is 0. The highest BCUT2D eigenvalue weighted by molar-refractivity contribution is 7.99. The fourth-order valence-corrected chi connectivity index (χ4v) is 2.04. The number of nitrogens with zero attached hydrogens (tertiary/aromatic N) is 1. The number of nitrogens with one attached hydrogen (secondary N) is 1. The zero-order valence-electron chi connectivity index (χ0n) is 9.46. The van der Waals surface area contributed by atoms with Crippen LogP contribution in [0.1, 0.15) is 20.8 Å². The maximum atomic E-state index is 12.0. The van der Waals surface area contributed by atoms with Crippen molar-refractivity contribution in [2.45, 2.75) is 31.6 Å². The number of piperazine rings is 1. The summed E-state index contributed by atoms with van der Waals surface area (Å²) in [5.41, 5.74) is -0.0423. The van der Waals surface area contributed by atoms with Crippen LogP contribution in [-0.2, 0) is 4.79 Å². The van der Waals surface area contributed by atoms with E-state index in [2.05, 4.69) is 19.2 Å². The molecule has 0 aromatic carbocycles. The van der Waals surface area contributed by atoms with Crippen LogP contribution in [0.2, 0.25) is 0 Å². The second-order valence-electron chi connectivity index (χ2n) is 4.36. The fraction of sp³-hybridized carbons (Fsp3) is 0.900. The third-order valence-electron chi connectivity index (χ3n) is 2.77. The van der Waals surface area contributed by atoms with Crippen molar-refractivity contribution in [2.75, 3.05) is 25.9 Å². The lowest BCUT2D eigenvalue weighted by Crippen LogP contribution is -2.61. The lowest BCUT2D eigenvalue weighted by Gasteiger charge is -2.43. The van der Waals surface area contributed by atoms with Crippen molar-refractivity contribution >= 4 is 17.7 Å². The van der Waals surface area contributed by atoms with Gasteiger partial charge < -0.3 is 10.2 Å². The van der Waals surface area contributed by atoms with Crippen LogP contribution in [0, 0.1) is 0 Å². The molecule has 4 heteroatoms. The van der Waals surface area contributed by atoms with Crippen molar-refractivity contribution in [1.29, 1.82) is 0 Å². The average Bonchev–Trinajstić information content (AvgIpc) is 2.15. The number of carbonyl (C=O) groups excluding carboxylic acids is 1. The van der Waals surface area contributed by atoms with Crippen LogP contribution in [0.15, 0.2) is 0 Å². The number of hydrogen-bond donors (Lipinski definition) is 1. The van der Waals surface area contributed by atoms with Gasteiger partial charge in [-0.1, -0.05) is 0 Å². The Morgan fingerprint density at radius 3 is 2.71 bits per heavy atom. The third-order valence-corrected chi connectivity index (χ3v) is 3.68. The SMILES string of the molecule is CSC(C)C(=O)N1CCNCC1(C)C. The molecular weight excluding hydrogens is 196 g/mol. The Labute approximate surface area is 90.6 Å². The van der Waals surface area contributed by atoms with Crippen LogP contribution in [0.4, 0.5) is 0 Å². The largest absolute Gasteiger partial charge is 0.334 e. The van der Waals surface area contributed by atoms with Crippen LogP contribution in [0.5, 0.6) is 0 Å². The normalized spacial score (nSPS) is 23.3. The molecule has 1 heterocycles. The van der Waals surface area contributed by atoms with E-state index in [1.165, 1.54) is 0 Å². The molecule has 3 nitrogen and oxygen atoms in total. The molecule has 0 radical (unpaired) electrons. The minimum atomic E-state index is -0.0423. The highest BCUT2D eigenvalue weighted by Crippen LogP contribution is 2.20. The van der Waals surface area contributed by atoms with E-state index in [0.717, 1.165) is 19.6 Å². The summed E-state index contributed by atoms with van der Waals surface area (Å²) in [6.07, 6.45) is 1.98. The van der Waals surface area contributed by atoms with E-state index in [1.807, 2.05) is 18.1 Å². The molecule has 82 valence electrons. The van der Waals surface area contributed by atoms with Gasteiger partial charge in [0.2, 0.25) is 5.91 Å². The average molecular weight is 216 g/mol. The summed E-state index contributed by atoms with van der Waals surface area (Å²) in [6.45, 7) is 8.84. The van der Waals surface area contributed by atoms with Crippen LogP contribution in [-0.4, -0.2) is 47.5 Å². The minimum Gasteiger partial charge on any atom is -0.334 e. The van der Waals surface area contributed by atoms with E-state index >= 15 is 0 Å². The first kappa shape index (κ1) is 11.9. The van der Waals surface area contributed by atoms with Crippen molar-refractivity contribution in [3.63, 3.8) is 0 Å². The fourth-order valence-electron chi connectivity index (χ4n) is 1.71. The Hall–Kier alpha value is -0.220. The first-order chi connectivity index (χ1) is 6.49. The number of carbonyl (C=O) groups is 1. The molecular formula is C10H20N2OS. The maximum absolute atomic E-state index is 12.0. The van der Waals surface area contributed by atoms with Gasteiger partial charge in [0, 0.05) is 25.2 Å². The predicted octanol–water partition coefficient (Wildman–Crippen LogP) is 0.948. The third kappa shape index (κ3) is 2.42. The monoisotopic (exact) mass is 216 g/mol. The second-order valence-corrected chi connectivity index (χ2v) is 5.54. The molecule has 0 aromatic heterocycles. The molecule has 1 rings (SSSR count). The zero-order valence-corrected chi connectivity index (χ0v) is 10.3. The molecule has 1 saturated heterocycles. The Morgan fingerprint density at radius 2 is 2.21 bits per heavy atom. The van der Waals surface area contributed by atoms with Gasteiger partial charge in [0.25, 0.3) is 0 Å². The van der Waals surface area contributed by atoms with E-state index in [-0.39, 0.29) is 16.7 Å². The van der Waals surface area contributed by atoms with E-state index in [0.29, 0.717) is 0 Å². The molecule has 0 saturated carbocycles. The molecule has 0 bridgehead atoms. The Balaban J connectivity index is 2.69. The Morgan fingerprint density at radius 1 is 1.57 bits per heavy atom. The molecule has 0 spiro atoms. The maximum Gasteiger partial charge on any atom is 0.235 e. The number of amides is 1. The standard InChI is InChI=1S/C10H20N2OS/c1-8(14-4)9(13)12-6-5-11-7-10(12,2)3/h8,11H,5-7H2,1-4H3. The van der Waals surface area contributed by atoms with Gasteiger partial charge in [-0.05, 0) is 27.0 Å². The van der Waals surface area contributed by atoms with Crippen molar-refractivity contribution < 1.29 is 4.79 Å². The van der Waals surface area contributed by atoms with Gasteiger partial charge in [-0.25, -0.2) is 0 Å². The second kappa shape index (κ2) is 4.53. The quantitative estimate of drug-likeness (QED) is 0.746. The Bertz CT molecular complexity index is 218. The number of rotatable bonds is 2. The molecule has 1 amide bonds. The molecule has 1 N–H and O–H groups in total. The van der Waals surface area contributed by atoms with Crippen molar-refractivity contribution in [1.82, 2.24) is 10.2 Å². The molecule has 1 unspecified atom stereocenters. The minimum absolute atomic E-state index is 0.0423. The lowest BCUT2D eigenvalue weighted by molar-refractivity contribution is -0.136. The van der Waals surface area contributed by atoms with Crippen LogP contribution < -0.4 is 5.32 Å². The van der Waals surface area contributed by atoms with E-state index in [9.17, 15) is 4.79 Å². The summed E-state index contributed by atoms with van der Waals surface area (Å²) in [5.74, 6) is 0.268. The van der Waals surface area contributed by atoms with Gasteiger partial charge in [-0.3, -0.25) is 4.79 Å². The van der Waals surface area contributed by atoms with Gasteiger partial charge in [0.15, 0.2) is 0 Å². The summed E-state index contributed by atoms with van der Waals surface area (Å²) >= 11 is 1.62. The number of hydrogen-bond acceptors (Lipinski definition) is 3. The first-order valence-corrected chi connectivity index (χ1v) is 6.33. The summed E-state index contributed by atoms with van der Waals surface area (Å²) in [6, 6.07) is 0. The predicted molar refractivity (Wildman–Crippen MR) is 61.6 cm³/mol. The first-order valence-electron chi connectivity index (χ1n) is 5.04. The van der Waals surface area contributed by atoms with Crippen molar-refractivity contribution in [2.24, 2.45) is 0 Å². The highest BCUT2D eigenvalue weighted by Gasteiger charge is 2.34. The summed E-state index contributed by atoms with van der Waals surface area (Å²) in [5, 5.41) is 3.39. The van der Waals surface area contributed by atoms with Gasteiger partial charge in [-0.2, -0.15) is 11.8 Å². The van der Waals surface area contributed by atoms with Crippen LogP contribution >= 0.6 is 11.8 Å². The topological polar surface area (TPSA) is 32.3 Å². The van der Waals surface area contributed by atoms with Crippen molar-refractivity contribution in [3.8, 4) is 0 Å². The van der Waals surface area contributed by atoms with Crippen LogP contribution in [0.3, 0.4) is 0 Å². The molecule has 1 aliphatic rings. The Kier molecular flexibility index (Phi) is 3.84. The molecule has 1 aliphatic heterocycles. The van der Waals surface area contributed by atoms with Gasteiger partial charge in [-0.15, -0.1) is 0 Å². The summed E-state index contributed by atoms with van der Waals surface area (Å²) in [7, 11) is 0. The lowest BCUT2D eigenvalue weighted by atomic mass is 10.00. The number of thioether (sulfide) groups is 1. The summed E-state index contributed by atoms with van der Waals surface area (Å²) in [4.78, 5) is 14.0. The smallest absolute Gasteiger partial charge is 0.235 e. The molecule has 0 aliphatic carbocycles. The molecule has 1 fully saturated rings. The van der Waals surface area contributed by atoms with E-state index in [4.69, 9.17) is 0 Å². The molecule has 0 aromatic rings. The van der Waals surface area contributed by atoms with Crippen LogP contribution in [0.25, 0.3) is 0 Å². The highest BCUT2D eigenvalue weighted by atomic mass is 32.2. The van der Waals surface area contributed by atoms with Gasteiger partial charge in [0.1, 0.15) is 0 Å². The van der Waals surface area contributed by atoms with E-state index < -0.39 is 0 Å². The van der Waals surface area contributed by atoms with Crippen molar-refractivity contribution in [3.05, 3.63) is 0 Å². The van der Waals surface area contributed by atoms with Gasteiger partial charge in [0.05, 0.1) is 5.25 Å². The van der Waals surface area contributed by atoms with Gasteiger partial charge >= 0.3 is 0 Å². The zero-order chi connectivity index (χ0) is 10.8. The molecule has 1 atom stereocenters. The van der Waals surface area contributed by atoms with E-state index in [1.54, 1.807) is 11.8 Å².